The second-order valence-electron chi connectivity index (χ2n) is 3.55. The van der Waals surface area contributed by atoms with Crippen LogP contribution >= 0.6 is 0 Å². The summed E-state index contributed by atoms with van der Waals surface area (Å²) in [6.07, 6.45) is 3.52. The van der Waals surface area contributed by atoms with Crippen molar-refractivity contribution in [3.8, 4) is 11.4 Å². The summed E-state index contributed by atoms with van der Waals surface area (Å²) in [6.45, 7) is 4.00. The van der Waals surface area contributed by atoms with Crippen LogP contribution in [0, 0.1) is 0 Å². The standard InChI is InChI=1S/C13H15N3/c1-2-14-10-11-4-6-12(7-5-11)13-15-8-3-9-16-13/h3-9,14H,2,10H2,1H3. The van der Waals surface area contributed by atoms with Crippen molar-refractivity contribution in [2.24, 2.45) is 0 Å². The van der Waals surface area contributed by atoms with Gasteiger partial charge in [-0.25, -0.2) is 9.97 Å². The molecule has 16 heavy (non-hydrogen) atoms. The van der Waals surface area contributed by atoms with Gasteiger partial charge in [0.15, 0.2) is 5.82 Å². The molecule has 2 rings (SSSR count). The van der Waals surface area contributed by atoms with Gasteiger partial charge in [0.2, 0.25) is 0 Å². The third-order valence-electron chi connectivity index (χ3n) is 2.36. The van der Waals surface area contributed by atoms with Crippen molar-refractivity contribution in [1.29, 1.82) is 0 Å². The van der Waals surface area contributed by atoms with E-state index in [1.54, 1.807) is 12.4 Å². The molecule has 0 unspecified atom stereocenters. The number of hydrogen-bond donors (Lipinski definition) is 1. The highest BCUT2D eigenvalue weighted by Crippen LogP contribution is 2.14. The predicted molar refractivity (Wildman–Crippen MR) is 64.8 cm³/mol. The van der Waals surface area contributed by atoms with Crippen molar-refractivity contribution in [3.63, 3.8) is 0 Å². The first-order valence-corrected chi connectivity index (χ1v) is 5.47. The van der Waals surface area contributed by atoms with E-state index >= 15 is 0 Å². The summed E-state index contributed by atoms with van der Waals surface area (Å²) in [5.74, 6) is 0.775. The SMILES string of the molecule is CCNCc1ccc(-c2ncccn2)cc1. The van der Waals surface area contributed by atoms with Crippen LogP contribution in [-0.4, -0.2) is 16.5 Å². The first-order valence-electron chi connectivity index (χ1n) is 5.47. The van der Waals surface area contributed by atoms with E-state index in [0.717, 1.165) is 24.5 Å². The van der Waals surface area contributed by atoms with Crippen LogP contribution in [0.4, 0.5) is 0 Å². The lowest BCUT2D eigenvalue weighted by Gasteiger charge is -2.03. The molecule has 0 aliphatic heterocycles. The monoisotopic (exact) mass is 213 g/mol. The molecule has 3 nitrogen and oxygen atoms in total. The number of hydrogen-bond acceptors (Lipinski definition) is 3. The van der Waals surface area contributed by atoms with Crippen LogP contribution in [0.5, 0.6) is 0 Å². The second kappa shape index (κ2) is 5.37. The van der Waals surface area contributed by atoms with Crippen LogP contribution in [0.2, 0.25) is 0 Å². The smallest absolute Gasteiger partial charge is 0.159 e. The van der Waals surface area contributed by atoms with Crippen LogP contribution in [0.15, 0.2) is 42.7 Å². The van der Waals surface area contributed by atoms with Gasteiger partial charge >= 0.3 is 0 Å². The van der Waals surface area contributed by atoms with Gasteiger partial charge in [-0.3, -0.25) is 0 Å². The Morgan fingerprint density at radius 2 is 1.75 bits per heavy atom. The number of aromatic nitrogens is 2. The molecule has 1 heterocycles. The summed E-state index contributed by atoms with van der Waals surface area (Å²) in [5.41, 5.74) is 2.34. The van der Waals surface area contributed by atoms with Crippen molar-refractivity contribution in [2.75, 3.05) is 6.54 Å². The Bertz CT molecular complexity index is 423. The van der Waals surface area contributed by atoms with Gasteiger partial charge < -0.3 is 5.32 Å². The molecule has 0 amide bonds. The molecule has 2 aromatic rings. The summed E-state index contributed by atoms with van der Waals surface area (Å²) in [6, 6.07) is 10.1. The van der Waals surface area contributed by atoms with E-state index < -0.39 is 0 Å². The Labute approximate surface area is 95.6 Å². The fourth-order valence-electron chi connectivity index (χ4n) is 1.49. The summed E-state index contributed by atoms with van der Waals surface area (Å²) in [7, 11) is 0. The van der Waals surface area contributed by atoms with Gasteiger partial charge in [-0.05, 0) is 18.2 Å². The molecule has 0 atom stereocenters. The zero-order valence-electron chi connectivity index (χ0n) is 9.35. The summed E-state index contributed by atoms with van der Waals surface area (Å²) in [5, 5.41) is 3.29. The van der Waals surface area contributed by atoms with Gasteiger partial charge in [-0.2, -0.15) is 0 Å². The molecule has 1 aromatic heterocycles. The molecular weight excluding hydrogens is 198 g/mol. The van der Waals surface area contributed by atoms with E-state index in [1.807, 2.05) is 6.07 Å². The largest absolute Gasteiger partial charge is 0.313 e. The molecule has 82 valence electrons. The van der Waals surface area contributed by atoms with Gasteiger partial charge in [0.1, 0.15) is 0 Å². The summed E-state index contributed by atoms with van der Waals surface area (Å²) >= 11 is 0. The van der Waals surface area contributed by atoms with Crippen molar-refractivity contribution >= 4 is 0 Å². The molecule has 1 N–H and O–H groups in total. The van der Waals surface area contributed by atoms with Gasteiger partial charge in [0.25, 0.3) is 0 Å². The topological polar surface area (TPSA) is 37.8 Å². The highest BCUT2D eigenvalue weighted by atomic mass is 14.9. The Balaban J connectivity index is 2.13. The molecule has 0 bridgehead atoms. The molecule has 0 radical (unpaired) electrons. The minimum absolute atomic E-state index is 0.775. The fourth-order valence-corrected chi connectivity index (χ4v) is 1.49. The van der Waals surface area contributed by atoms with Gasteiger partial charge in [-0.1, -0.05) is 31.2 Å². The third-order valence-corrected chi connectivity index (χ3v) is 2.36. The minimum Gasteiger partial charge on any atom is -0.313 e. The van der Waals surface area contributed by atoms with Crippen LogP contribution in [0.1, 0.15) is 12.5 Å². The minimum atomic E-state index is 0.775. The molecule has 3 heteroatoms. The Morgan fingerprint density at radius 3 is 2.38 bits per heavy atom. The van der Waals surface area contributed by atoms with Crippen LogP contribution in [-0.2, 0) is 6.54 Å². The quantitative estimate of drug-likeness (QED) is 0.846. The van der Waals surface area contributed by atoms with Crippen LogP contribution < -0.4 is 5.32 Å². The van der Waals surface area contributed by atoms with E-state index in [9.17, 15) is 0 Å². The predicted octanol–water partition coefficient (Wildman–Crippen LogP) is 2.25. The van der Waals surface area contributed by atoms with Crippen molar-refractivity contribution < 1.29 is 0 Å². The molecule has 0 saturated heterocycles. The number of benzene rings is 1. The molecule has 0 fully saturated rings. The van der Waals surface area contributed by atoms with Gasteiger partial charge in [-0.15, -0.1) is 0 Å². The highest BCUT2D eigenvalue weighted by Gasteiger charge is 1.99. The first kappa shape index (κ1) is 10.8. The van der Waals surface area contributed by atoms with E-state index in [0.29, 0.717) is 0 Å². The molecule has 0 saturated carbocycles. The third kappa shape index (κ3) is 2.64. The lowest BCUT2D eigenvalue weighted by atomic mass is 10.1. The van der Waals surface area contributed by atoms with Crippen LogP contribution in [0.25, 0.3) is 11.4 Å². The Kier molecular flexibility index (Phi) is 3.62. The van der Waals surface area contributed by atoms with Crippen molar-refractivity contribution in [2.45, 2.75) is 13.5 Å². The van der Waals surface area contributed by atoms with Crippen molar-refractivity contribution in [1.82, 2.24) is 15.3 Å². The average molecular weight is 213 g/mol. The Morgan fingerprint density at radius 1 is 1.06 bits per heavy atom. The van der Waals surface area contributed by atoms with Crippen molar-refractivity contribution in [3.05, 3.63) is 48.3 Å². The van der Waals surface area contributed by atoms with Crippen LogP contribution in [0.3, 0.4) is 0 Å². The molecule has 0 spiro atoms. The summed E-state index contributed by atoms with van der Waals surface area (Å²) < 4.78 is 0. The maximum Gasteiger partial charge on any atom is 0.159 e. The highest BCUT2D eigenvalue weighted by molar-refractivity contribution is 5.54. The molecule has 0 aliphatic rings. The number of nitrogens with zero attached hydrogens (tertiary/aromatic N) is 2. The zero-order valence-corrected chi connectivity index (χ0v) is 9.35. The first-order chi connectivity index (χ1) is 7.90. The lowest BCUT2D eigenvalue weighted by molar-refractivity contribution is 0.727. The molecule has 0 aliphatic carbocycles. The van der Waals surface area contributed by atoms with E-state index in [-0.39, 0.29) is 0 Å². The lowest BCUT2D eigenvalue weighted by Crippen LogP contribution is -2.11. The normalized spacial score (nSPS) is 10.3. The second-order valence-corrected chi connectivity index (χ2v) is 3.55. The van der Waals surface area contributed by atoms with E-state index in [4.69, 9.17) is 0 Å². The number of nitrogens with one attached hydrogen (secondary N) is 1. The van der Waals surface area contributed by atoms with Gasteiger partial charge in [0.05, 0.1) is 0 Å². The van der Waals surface area contributed by atoms with Gasteiger partial charge in [0, 0.05) is 24.5 Å². The summed E-state index contributed by atoms with van der Waals surface area (Å²) in [4.78, 5) is 8.43. The van der Waals surface area contributed by atoms with E-state index in [2.05, 4.69) is 46.5 Å². The maximum atomic E-state index is 4.21. The fraction of sp³-hybridized carbons (Fsp3) is 0.231. The zero-order chi connectivity index (χ0) is 11.2. The Hall–Kier alpha value is -1.74. The number of rotatable bonds is 4. The maximum absolute atomic E-state index is 4.21. The molecule has 1 aromatic carbocycles. The average Bonchev–Trinajstić information content (AvgIpc) is 2.38. The van der Waals surface area contributed by atoms with E-state index in [1.165, 1.54) is 5.56 Å². The molecular formula is C13H15N3.